The normalized spacial score (nSPS) is 11.5. The van der Waals surface area contributed by atoms with E-state index in [-0.39, 0.29) is 27.8 Å². The fraction of sp³-hybridized carbons (Fsp3) is 0.417. The van der Waals surface area contributed by atoms with Gasteiger partial charge in [0.25, 0.3) is 5.91 Å². The number of benzene rings is 1. The molecule has 0 aliphatic rings. The van der Waals surface area contributed by atoms with Gasteiger partial charge in [0.15, 0.2) is 0 Å². The maximum Gasteiger partial charge on any atom is 0.406 e. The zero-order valence-corrected chi connectivity index (χ0v) is 12.1. The Kier molecular flexibility index (Phi) is 5.53. The van der Waals surface area contributed by atoms with Gasteiger partial charge in [-0.25, -0.2) is 0 Å². The molecule has 1 amide bonds. The monoisotopic (exact) mass is 328 g/mol. The average Bonchev–Trinajstić information content (AvgIpc) is 2.32. The second kappa shape index (κ2) is 6.54. The van der Waals surface area contributed by atoms with Crippen molar-refractivity contribution in [3.05, 3.63) is 27.7 Å². The minimum Gasteiger partial charge on any atom is -0.397 e. The van der Waals surface area contributed by atoms with Crippen molar-refractivity contribution in [2.45, 2.75) is 19.5 Å². The van der Waals surface area contributed by atoms with Crippen molar-refractivity contribution < 1.29 is 18.0 Å². The third-order valence-corrected chi connectivity index (χ3v) is 3.27. The van der Waals surface area contributed by atoms with E-state index in [0.717, 1.165) is 0 Å². The Morgan fingerprint density at radius 1 is 1.35 bits per heavy atom. The van der Waals surface area contributed by atoms with Crippen molar-refractivity contribution in [1.29, 1.82) is 0 Å². The number of hydrogen-bond acceptors (Lipinski definition) is 2. The molecule has 0 saturated carbocycles. The van der Waals surface area contributed by atoms with Gasteiger partial charge in [0.2, 0.25) is 0 Å². The molecular weight excluding hydrogens is 316 g/mol. The molecule has 0 aromatic heterocycles. The van der Waals surface area contributed by atoms with E-state index in [0.29, 0.717) is 11.3 Å². The lowest BCUT2D eigenvalue weighted by Crippen LogP contribution is -2.39. The van der Waals surface area contributed by atoms with Crippen molar-refractivity contribution in [3.8, 4) is 0 Å². The highest BCUT2D eigenvalue weighted by Gasteiger charge is 2.33. The van der Waals surface area contributed by atoms with E-state index in [2.05, 4.69) is 0 Å². The fourth-order valence-corrected chi connectivity index (χ4v) is 1.99. The summed E-state index contributed by atoms with van der Waals surface area (Å²) in [5.41, 5.74) is 5.58. The summed E-state index contributed by atoms with van der Waals surface area (Å²) < 4.78 is 37.4. The van der Waals surface area contributed by atoms with E-state index in [1.807, 2.05) is 0 Å². The van der Waals surface area contributed by atoms with Gasteiger partial charge in [-0.05, 0) is 18.6 Å². The highest BCUT2D eigenvalue weighted by atomic mass is 35.5. The van der Waals surface area contributed by atoms with Crippen LogP contribution >= 0.6 is 23.2 Å². The molecule has 0 bridgehead atoms. The van der Waals surface area contributed by atoms with Gasteiger partial charge in [-0.2, -0.15) is 13.2 Å². The lowest BCUT2D eigenvalue weighted by Gasteiger charge is -2.23. The molecule has 0 unspecified atom stereocenters. The second-order valence-electron chi connectivity index (χ2n) is 4.20. The van der Waals surface area contributed by atoms with Crippen LogP contribution in [0.2, 0.25) is 10.0 Å². The van der Waals surface area contributed by atoms with Crippen LogP contribution in [0.4, 0.5) is 18.9 Å². The molecule has 1 rings (SSSR count). The zero-order chi connectivity index (χ0) is 15.5. The van der Waals surface area contributed by atoms with Crippen molar-refractivity contribution in [3.63, 3.8) is 0 Å². The number of halogens is 5. The Morgan fingerprint density at radius 3 is 2.40 bits per heavy atom. The summed E-state index contributed by atoms with van der Waals surface area (Å²) in [7, 11) is 0. The Balaban J connectivity index is 3.06. The Hall–Kier alpha value is -1.14. The third-order valence-electron chi connectivity index (χ3n) is 2.45. The summed E-state index contributed by atoms with van der Waals surface area (Å²) in [6, 6.07) is 2.43. The largest absolute Gasteiger partial charge is 0.406 e. The predicted molar refractivity (Wildman–Crippen MR) is 73.1 cm³/mol. The van der Waals surface area contributed by atoms with Crippen LogP contribution in [-0.2, 0) is 0 Å². The van der Waals surface area contributed by atoms with Crippen LogP contribution in [0.3, 0.4) is 0 Å². The minimum absolute atomic E-state index is 0.0154. The number of amides is 1. The molecule has 1 aromatic carbocycles. The molecule has 2 N–H and O–H groups in total. The molecule has 0 spiro atoms. The van der Waals surface area contributed by atoms with Crippen LogP contribution < -0.4 is 5.73 Å². The number of carbonyl (C=O) groups excluding carboxylic acids is 1. The molecule has 0 atom stereocenters. The van der Waals surface area contributed by atoms with Crippen molar-refractivity contribution in [2.75, 3.05) is 18.8 Å². The maximum atomic E-state index is 12.5. The molecule has 0 radical (unpaired) electrons. The number of nitrogen functional groups attached to an aromatic ring is 1. The molecular formula is C12H13Cl2F3N2O. The van der Waals surface area contributed by atoms with Gasteiger partial charge in [0.1, 0.15) is 6.54 Å². The average molecular weight is 329 g/mol. The Labute approximate surface area is 124 Å². The lowest BCUT2D eigenvalue weighted by atomic mass is 10.1. The van der Waals surface area contributed by atoms with Gasteiger partial charge < -0.3 is 10.6 Å². The minimum atomic E-state index is -4.47. The first kappa shape index (κ1) is 16.9. The molecule has 0 aliphatic heterocycles. The van der Waals surface area contributed by atoms with E-state index in [1.165, 1.54) is 12.1 Å². The second-order valence-corrected chi connectivity index (χ2v) is 4.99. The van der Waals surface area contributed by atoms with Gasteiger partial charge in [-0.3, -0.25) is 4.79 Å². The number of nitrogens with zero attached hydrogens (tertiary/aromatic N) is 1. The van der Waals surface area contributed by atoms with E-state index in [9.17, 15) is 18.0 Å². The SMILES string of the molecule is CCCN(CC(F)(F)F)C(=O)c1cc(N)c(Cl)c(Cl)c1. The topological polar surface area (TPSA) is 46.3 Å². The van der Waals surface area contributed by atoms with Crippen molar-refractivity contribution >= 4 is 34.8 Å². The number of alkyl halides is 3. The number of anilines is 1. The smallest absolute Gasteiger partial charge is 0.397 e. The summed E-state index contributed by atoms with van der Waals surface area (Å²) >= 11 is 11.5. The Morgan fingerprint density at radius 2 is 1.95 bits per heavy atom. The van der Waals surface area contributed by atoms with E-state index >= 15 is 0 Å². The van der Waals surface area contributed by atoms with Crippen LogP contribution in [-0.4, -0.2) is 30.1 Å². The van der Waals surface area contributed by atoms with E-state index in [4.69, 9.17) is 28.9 Å². The third kappa shape index (κ3) is 4.45. The molecule has 0 saturated heterocycles. The summed E-state index contributed by atoms with van der Waals surface area (Å²) in [6.07, 6.45) is -4.06. The van der Waals surface area contributed by atoms with Crippen LogP contribution in [0, 0.1) is 0 Å². The highest BCUT2D eigenvalue weighted by molar-refractivity contribution is 6.43. The first-order chi connectivity index (χ1) is 9.15. The van der Waals surface area contributed by atoms with Crippen molar-refractivity contribution in [1.82, 2.24) is 4.90 Å². The number of hydrogen-bond donors (Lipinski definition) is 1. The number of carbonyl (C=O) groups is 1. The molecule has 1 aromatic rings. The van der Waals surface area contributed by atoms with Crippen LogP contribution in [0.5, 0.6) is 0 Å². The Bertz CT molecular complexity index is 483. The molecule has 3 nitrogen and oxygen atoms in total. The quantitative estimate of drug-likeness (QED) is 0.849. The van der Waals surface area contributed by atoms with Gasteiger partial charge in [0.05, 0.1) is 15.7 Å². The molecule has 0 aliphatic carbocycles. The summed E-state index contributed by atoms with van der Waals surface area (Å²) in [4.78, 5) is 12.8. The summed E-state index contributed by atoms with van der Waals surface area (Å²) in [6.45, 7) is 0.345. The lowest BCUT2D eigenvalue weighted by molar-refractivity contribution is -0.140. The van der Waals surface area contributed by atoms with Gasteiger partial charge in [-0.1, -0.05) is 30.1 Å². The molecule has 8 heteroatoms. The van der Waals surface area contributed by atoms with Gasteiger partial charge in [-0.15, -0.1) is 0 Å². The van der Waals surface area contributed by atoms with Crippen LogP contribution in [0.25, 0.3) is 0 Å². The van der Waals surface area contributed by atoms with Crippen molar-refractivity contribution in [2.24, 2.45) is 0 Å². The molecule has 20 heavy (non-hydrogen) atoms. The predicted octanol–water partition coefficient (Wildman–Crippen LogP) is 3.99. The van der Waals surface area contributed by atoms with Crippen LogP contribution in [0.1, 0.15) is 23.7 Å². The molecule has 112 valence electrons. The van der Waals surface area contributed by atoms with E-state index in [1.54, 1.807) is 6.92 Å². The fourth-order valence-electron chi connectivity index (χ4n) is 1.66. The molecule has 0 heterocycles. The number of nitrogens with two attached hydrogens (primary N) is 1. The highest BCUT2D eigenvalue weighted by Crippen LogP contribution is 2.30. The number of rotatable bonds is 4. The summed E-state index contributed by atoms with van der Waals surface area (Å²) in [5.74, 6) is -0.783. The first-order valence-corrected chi connectivity index (χ1v) is 6.52. The van der Waals surface area contributed by atoms with Crippen LogP contribution in [0.15, 0.2) is 12.1 Å². The van der Waals surface area contributed by atoms with E-state index < -0.39 is 18.6 Å². The molecule has 0 fully saturated rings. The standard InChI is InChI=1S/C12H13Cl2F3N2O/c1-2-3-19(6-12(15,16)17)11(20)7-4-8(13)10(14)9(18)5-7/h4-5H,2-3,6,18H2,1H3. The first-order valence-electron chi connectivity index (χ1n) is 5.76. The maximum absolute atomic E-state index is 12.5. The summed E-state index contributed by atoms with van der Waals surface area (Å²) in [5, 5.41) is 0.0968. The zero-order valence-electron chi connectivity index (χ0n) is 10.6. The van der Waals surface area contributed by atoms with Gasteiger partial charge in [0, 0.05) is 12.1 Å². The van der Waals surface area contributed by atoms with Gasteiger partial charge >= 0.3 is 6.18 Å².